The van der Waals surface area contributed by atoms with Crippen molar-refractivity contribution in [3.63, 3.8) is 0 Å². The van der Waals surface area contributed by atoms with Crippen molar-refractivity contribution in [2.24, 2.45) is 0 Å². The molecule has 3 aromatic rings. The van der Waals surface area contributed by atoms with Gasteiger partial charge >= 0.3 is 0 Å². The number of aryl methyl sites for hydroxylation is 1. The van der Waals surface area contributed by atoms with Gasteiger partial charge in [0.15, 0.2) is 11.4 Å². The van der Waals surface area contributed by atoms with Gasteiger partial charge in [0.1, 0.15) is 11.2 Å². The zero-order chi connectivity index (χ0) is 23.4. The van der Waals surface area contributed by atoms with Crippen LogP contribution in [-0.4, -0.2) is 48.4 Å². The summed E-state index contributed by atoms with van der Waals surface area (Å²) in [4.78, 5) is 30.0. The normalized spacial score (nSPS) is 10.3. The number of halogens is 5. The highest BCUT2D eigenvalue weighted by Gasteiger charge is 2.19. The fraction of sp³-hybridized carbons (Fsp3) is 0.286. The first-order valence-electron chi connectivity index (χ1n) is 9.65. The summed E-state index contributed by atoms with van der Waals surface area (Å²) >= 11 is 16.5. The first kappa shape index (κ1) is 30.3. The molecule has 8 nitrogen and oxygen atoms in total. The van der Waals surface area contributed by atoms with E-state index >= 15 is 0 Å². The largest absolute Gasteiger partial charge is 0.485 e. The monoisotopic (exact) mass is 613 g/mol. The van der Waals surface area contributed by atoms with Gasteiger partial charge in [-0.3, -0.25) is 14.0 Å². The maximum atomic E-state index is 12.5. The Hall–Kier alpha value is -1.75. The van der Waals surface area contributed by atoms with E-state index in [-0.39, 0.29) is 56.3 Å². The SMILES string of the molecule is CNCC(=O)NCC(=O)N(C)c1ccc(Cl)c(COc2cccn3c(Br)c(C)nc23)c1Cl.Cl.Cl. The topological polar surface area (TPSA) is 88.0 Å². The lowest BCUT2D eigenvalue weighted by molar-refractivity contribution is -0.124. The molecule has 186 valence electrons. The number of amides is 2. The van der Waals surface area contributed by atoms with Gasteiger partial charge in [0.2, 0.25) is 11.8 Å². The minimum Gasteiger partial charge on any atom is -0.485 e. The van der Waals surface area contributed by atoms with Gasteiger partial charge in [-0.15, -0.1) is 24.8 Å². The smallest absolute Gasteiger partial charge is 0.246 e. The molecule has 0 saturated heterocycles. The molecule has 2 amide bonds. The average molecular weight is 616 g/mol. The van der Waals surface area contributed by atoms with Gasteiger partial charge < -0.3 is 20.3 Å². The molecule has 0 aliphatic heterocycles. The van der Waals surface area contributed by atoms with E-state index in [0.717, 1.165) is 10.3 Å². The molecule has 0 bridgehead atoms. The molecule has 3 rings (SSSR count). The standard InChI is InChI=1S/C21H22BrCl2N5O3.2ClH/c1-12-20(22)29-8-4-5-16(21(29)27-12)32-11-13-14(23)6-7-15(19(13)24)28(3)18(31)10-26-17(30)9-25-2;;/h4-8,25H,9-11H2,1-3H3,(H,26,30);2*1H. The van der Waals surface area contributed by atoms with Gasteiger partial charge in [-0.2, -0.15) is 0 Å². The Balaban J connectivity index is 0.00000289. The van der Waals surface area contributed by atoms with Gasteiger partial charge in [-0.05, 0) is 54.2 Å². The molecule has 0 aliphatic rings. The molecule has 0 spiro atoms. The van der Waals surface area contributed by atoms with Crippen LogP contribution in [0, 0.1) is 6.92 Å². The van der Waals surface area contributed by atoms with E-state index in [4.69, 9.17) is 27.9 Å². The summed E-state index contributed by atoms with van der Waals surface area (Å²) < 4.78 is 8.72. The molecule has 0 radical (unpaired) electrons. The van der Waals surface area contributed by atoms with Crippen LogP contribution in [-0.2, 0) is 16.2 Å². The van der Waals surface area contributed by atoms with Crippen LogP contribution in [0.5, 0.6) is 5.75 Å². The number of hydrogen-bond acceptors (Lipinski definition) is 5. The number of imidazole rings is 1. The van der Waals surface area contributed by atoms with Gasteiger partial charge in [-0.1, -0.05) is 23.2 Å². The number of fused-ring (bicyclic) bond motifs is 1. The van der Waals surface area contributed by atoms with Crippen molar-refractivity contribution in [1.82, 2.24) is 20.0 Å². The zero-order valence-corrected chi connectivity index (χ0v) is 23.3. The summed E-state index contributed by atoms with van der Waals surface area (Å²) in [5, 5.41) is 5.98. The predicted molar refractivity (Wildman–Crippen MR) is 143 cm³/mol. The van der Waals surface area contributed by atoms with Gasteiger partial charge in [0, 0.05) is 23.8 Å². The van der Waals surface area contributed by atoms with Crippen molar-refractivity contribution in [1.29, 1.82) is 0 Å². The van der Waals surface area contributed by atoms with Crippen LogP contribution in [0.4, 0.5) is 5.69 Å². The molecule has 34 heavy (non-hydrogen) atoms. The highest BCUT2D eigenvalue weighted by Crippen LogP contribution is 2.35. The van der Waals surface area contributed by atoms with Crippen LogP contribution in [0.25, 0.3) is 5.65 Å². The summed E-state index contributed by atoms with van der Waals surface area (Å²) in [5.41, 5.74) is 2.49. The molecular formula is C21H24BrCl4N5O3. The number of hydrogen-bond donors (Lipinski definition) is 2. The number of benzene rings is 1. The minimum absolute atomic E-state index is 0. The number of carbonyl (C=O) groups excluding carboxylic acids is 2. The summed E-state index contributed by atoms with van der Waals surface area (Å²) in [5.74, 6) is -0.0379. The third-order valence-corrected chi connectivity index (χ3v) is 6.49. The fourth-order valence-corrected chi connectivity index (χ4v) is 4.00. The molecule has 2 aromatic heterocycles. The molecule has 0 fully saturated rings. The number of nitrogens with one attached hydrogen (secondary N) is 2. The second-order valence-corrected chi connectivity index (χ2v) is 8.50. The molecule has 2 heterocycles. The van der Waals surface area contributed by atoms with E-state index in [1.165, 1.54) is 4.90 Å². The van der Waals surface area contributed by atoms with Crippen LogP contribution in [0.2, 0.25) is 10.0 Å². The van der Waals surface area contributed by atoms with E-state index in [1.54, 1.807) is 26.2 Å². The van der Waals surface area contributed by atoms with Crippen molar-refractivity contribution in [3.8, 4) is 5.75 Å². The Kier molecular flexibility index (Phi) is 11.9. The number of likely N-dealkylation sites (N-methyl/N-ethyl adjacent to an activating group) is 2. The predicted octanol–water partition coefficient (Wildman–Crippen LogP) is 4.43. The lowest BCUT2D eigenvalue weighted by Crippen LogP contribution is -2.41. The Morgan fingerprint density at radius 3 is 2.59 bits per heavy atom. The first-order chi connectivity index (χ1) is 15.2. The van der Waals surface area contributed by atoms with Crippen molar-refractivity contribution in [2.75, 3.05) is 32.1 Å². The van der Waals surface area contributed by atoms with Crippen LogP contribution in [0.15, 0.2) is 35.1 Å². The quantitative estimate of drug-likeness (QED) is 0.392. The highest BCUT2D eigenvalue weighted by molar-refractivity contribution is 9.10. The van der Waals surface area contributed by atoms with Crippen molar-refractivity contribution >= 4 is 87.1 Å². The molecule has 1 aromatic carbocycles. The maximum Gasteiger partial charge on any atom is 0.246 e. The molecule has 2 N–H and O–H groups in total. The maximum absolute atomic E-state index is 12.5. The second kappa shape index (κ2) is 13.4. The highest BCUT2D eigenvalue weighted by atomic mass is 79.9. The fourth-order valence-electron chi connectivity index (χ4n) is 3.02. The van der Waals surface area contributed by atoms with E-state index in [2.05, 4.69) is 31.5 Å². The van der Waals surface area contributed by atoms with Crippen LogP contribution < -0.4 is 20.3 Å². The van der Waals surface area contributed by atoms with Crippen LogP contribution in [0.3, 0.4) is 0 Å². The van der Waals surface area contributed by atoms with E-state index in [0.29, 0.717) is 32.7 Å². The van der Waals surface area contributed by atoms with Gasteiger partial charge in [0.25, 0.3) is 0 Å². The number of nitrogens with zero attached hydrogens (tertiary/aromatic N) is 3. The number of rotatable bonds is 8. The Labute approximate surface area is 228 Å². The lowest BCUT2D eigenvalue weighted by atomic mass is 10.2. The zero-order valence-electron chi connectivity index (χ0n) is 18.5. The third-order valence-electron chi connectivity index (χ3n) is 4.76. The van der Waals surface area contributed by atoms with E-state index < -0.39 is 0 Å². The number of anilines is 1. The third kappa shape index (κ3) is 6.68. The van der Waals surface area contributed by atoms with E-state index in [1.807, 2.05) is 29.7 Å². The van der Waals surface area contributed by atoms with Gasteiger partial charge in [-0.25, -0.2) is 4.98 Å². The number of aromatic nitrogens is 2. The molecule has 0 unspecified atom stereocenters. The molecule has 0 saturated carbocycles. The van der Waals surface area contributed by atoms with Crippen molar-refractivity contribution < 1.29 is 14.3 Å². The Bertz CT molecular complexity index is 1180. The molecule has 0 atom stereocenters. The lowest BCUT2D eigenvalue weighted by Gasteiger charge is -2.21. The van der Waals surface area contributed by atoms with Crippen molar-refractivity contribution in [3.05, 3.63) is 56.4 Å². The second-order valence-electron chi connectivity index (χ2n) is 6.96. The first-order valence-corrected chi connectivity index (χ1v) is 11.2. The van der Waals surface area contributed by atoms with Crippen LogP contribution >= 0.6 is 63.9 Å². The molecule has 0 aliphatic carbocycles. The number of pyridine rings is 1. The summed E-state index contributed by atoms with van der Waals surface area (Å²) in [7, 11) is 3.23. The summed E-state index contributed by atoms with van der Waals surface area (Å²) in [6, 6.07) is 6.96. The van der Waals surface area contributed by atoms with E-state index in [9.17, 15) is 9.59 Å². The average Bonchev–Trinajstić information content (AvgIpc) is 3.06. The Morgan fingerprint density at radius 2 is 1.91 bits per heavy atom. The van der Waals surface area contributed by atoms with Gasteiger partial charge in [0.05, 0.1) is 29.5 Å². The van der Waals surface area contributed by atoms with Crippen molar-refractivity contribution in [2.45, 2.75) is 13.5 Å². The minimum atomic E-state index is -0.326. The Morgan fingerprint density at radius 1 is 1.21 bits per heavy atom. The summed E-state index contributed by atoms with van der Waals surface area (Å²) in [6.07, 6.45) is 1.88. The molecule has 13 heteroatoms. The molecular weight excluding hydrogens is 592 g/mol. The number of ether oxygens (including phenoxy) is 1. The number of carbonyl (C=O) groups is 2. The van der Waals surface area contributed by atoms with Crippen LogP contribution in [0.1, 0.15) is 11.3 Å². The summed E-state index contributed by atoms with van der Waals surface area (Å²) in [6.45, 7) is 1.94.